The molecule has 0 aromatic carbocycles. The quantitative estimate of drug-likeness (QED) is 0.596. The Hall–Kier alpha value is -1.79. The molecule has 0 aromatic rings. The van der Waals surface area contributed by atoms with Gasteiger partial charge in [-0.05, 0) is 25.7 Å². The molecule has 1 atom stereocenters. The first-order chi connectivity index (χ1) is 9.33. The number of amides is 2. The van der Waals surface area contributed by atoms with E-state index in [0.29, 0.717) is 0 Å². The molecule has 0 fully saturated rings. The zero-order valence-corrected chi connectivity index (χ0v) is 12.3. The Labute approximate surface area is 119 Å². The number of nitrogens with one attached hydrogen (secondary N) is 1. The molecular formula is C13H24N2O5. The van der Waals surface area contributed by atoms with Crippen molar-refractivity contribution in [2.24, 2.45) is 0 Å². The Balaban J connectivity index is 4.47. The largest absolute Gasteiger partial charge is 0.481 e. The van der Waals surface area contributed by atoms with Gasteiger partial charge in [-0.2, -0.15) is 0 Å². The summed E-state index contributed by atoms with van der Waals surface area (Å²) in [6.07, 6.45) is 1.78. The van der Waals surface area contributed by atoms with E-state index in [1.54, 1.807) is 7.05 Å². The zero-order valence-electron chi connectivity index (χ0n) is 12.3. The highest BCUT2D eigenvalue weighted by Gasteiger charge is 2.24. The third-order valence-corrected chi connectivity index (χ3v) is 3.29. The molecule has 2 amide bonds. The summed E-state index contributed by atoms with van der Waals surface area (Å²) < 4.78 is 0. The number of hydrogen-bond acceptors (Lipinski definition) is 3. The van der Waals surface area contributed by atoms with Crippen molar-refractivity contribution in [1.29, 1.82) is 0 Å². The smallest absolute Gasteiger partial charge is 0.326 e. The summed E-state index contributed by atoms with van der Waals surface area (Å²) in [5.74, 6) is -2.13. The maximum Gasteiger partial charge on any atom is 0.326 e. The fourth-order valence-corrected chi connectivity index (χ4v) is 1.97. The van der Waals surface area contributed by atoms with Crippen molar-refractivity contribution in [1.82, 2.24) is 10.2 Å². The fourth-order valence-electron chi connectivity index (χ4n) is 1.97. The van der Waals surface area contributed by atoms with Crippen LogP contribution in [0.4, 0.5) is 4.79 Å². The lowest BCUT2D eigenvalue weighted by atomic mass is 10.1. The Morgan fingerprint density at radius 3 is 2.10 bits per heavy atom. The van der Waals surface area contributed by atoms with Crippen LogP contribution in [0.2, 0.25) is 0 Å². The average Bonchev–Trinajstić information content (AvgIpc) is 2.37. The number of carboxylic acids is 2. The predicted molar refractivity (Wildman–Crippen MR) is 73.6 cm³/mol. The summed E-state index contributed by atoms with van der Waals surface area (Å²) in [5, 5.41) is 20.0. The van der Waals surface area contributed by atoms with Crippen LogP contribution in [0, 0.1) is 0 Å². The van der Waals surface area contributed by atoms with Gasteiger partial charge in [-0.3, -0.25) is 4.79 Å². The first-order valence-corrected chi connectivity index (χ1v) is 6.81. The minimum atomic E-state index is -1.15. The summed E-state index contributed by atoms with van der Waals surface area (Å²) in [5.41, 5.74) is 0. The zero-order chi connectivity index (χ0) is 15.7. The van der Waals surface area contributed by atoms with E-state index < -0.39 is 24.0 Å². The molecule has 0 saturated carbocycles. The van der Waals surface area contributed by atoms with Crippen LogP contribution in [0.15, 0.2) is 0 Å². The van der Waals surface area contributed by atoms with Gasteiger partial charge >= 0.3 is 18.0 Å². The van der Waals surface area contributed by atoms with Gasteiger partial charge in [0.1, 0.15) is 6.04 Å². The van der Waals surface area contributed by atoms with Crippen LogP contribution in [0.3, 0.4) is 0 Å². The molecule has 0 heterocycles. The Morgan fingerprint density at radius 2 is 1.70 bits per heavy atom. The summed E-state index contributed by atoms with van der Waals surface area (Å²) in [6, 6.07) is -1.44. The fraction of sp³-hybridized carbons (Fsp3) is 0.769. The van der Waals surface area contributed by atoms with Crippen molar-refractivity contribution >= 4 is 18.0 Å². The van der Waals surface area contributed by atoms with Gasteiger partial charge in [-0.1, -0.05) is 13.8 Å². The first-order valence-electron chi connectivity index (χ1n) is 6.81. The molecule has 0 spiro atoms. The van der Waals surface area contributed by atoms with Gasteiger partial charge in [0, 0.05) is 19.5 Å². The van der Waals surface area contributed by atoms with E-state index >= 15 is 0 Å². The molecule has 3 N–H and O–H groups in total. The SMILES string of the molecule is CCC(CC)N(C)C(=O)N[C@H](CCCC(=O)O)C(=O)O. The number of urea groups is 1. The Bertz CT molecular complexity index is 342. The summed E-state index contributed by atoms with van der Waals surface area (Å²) in [7, 11) is 1.63. The first kappa shape index (κ1) is 18.2. The van der Waals surface area contributed by atoms with E-state index in [4.69, 9.17) is 10.2 Å². The molecule has 0 rings (SSSR count). The molecule has 0 aliphatic heterocycles. The molecule has 0 aliphatic carbocycles. The lowest BCUT2D eigenvalue weighted by Crippen LogP contribution is -2.49. The highest BCUT2D eigenvalue weighted by molar-refractivity contribution is 5.82. The van der Waals surface area contributed by atoms with E-state index in [2.05, 4.69) is 5.32 Å². The molecule has 0 aromatic heterocycles. The van der Waals surface area contributed by atoms with Crippen LogP contribution in [-0.4, -0.2) is 52.2 Å². The molecule has 7 nitrogen and oxygen atoms in total. The van der Waals surface area contributed by atoms with Crippen molar-refractivity contribution in [3.8, 4) is 0 Å². The van der Waals surface area contributed by atoms with Gasteiger partial charge < -0.3 is 20.4 Å². The third kappa shape index (κ3) is 6.40. The highest BCUT2D eigenvalue weighted by atomic mass is 16.4. The van der Waals surface area contributed by atoms with Crippen LogP contribution < -0.4 is 5.32 Å². The molecule has 116 valence electrons. The lowest BCUT2D eigenvalue weighted by molar-refractivity contribution is -0.140. The van der Waals surface area contributed by atoms with Crippen molar-refractivity contribution in [3.05, 3.63) is 0 Å². The molecule has 0 radical (unpaired) electrons. The molecule has 0 bridgehead atoms. The average molecular weight is 288 g/mol. The van der Waals surface area contributed by atoms with Crippen molar-refractivity contribution < 1.29 is 24.6 Å². The number of aliphatic carboxylic acids is 2. The van der Waals surface area contributed by atoms with Gasteiger partial charge in [0.25, 0.3) is 0 Å². The van der Waals surface area contributed by atoms with Crippen molar-refractivity contribution in [3.63, 3.8) is 0 Å². The number of carbonyl (C=O) groups excluding carboxylic acids is 1. The van der Waals surface area contributed by atoms with E-state index in [0.717, 1.165) is 12.8 Å². The van der Waals surface area contributed by atoms with Gasteiger partial charge in [0.2, 0.25) is 0 Å². The standard InChI is InChI=1S/C13H24N2O5/c1-4-9(5-2)15(3)13(20)14-10(12(18)19)7-6-8-11(16)17/h9-10H,4-8H2,1-3H3,(H,14,20)(H,16,17)(H,18,19)/t10-/m1/s1. The molecular weight excluding hydrogens is 264 g/mol. The van der Waals surface area contributed by atoms with Gasteiger partial charge in [-0.25, -0.2) is 9.59 Å². The number of carboxylic acid groups (broad SMARTS) is 2. The monoisotopic (exact) mass is 288 g/mol. The second kappa shape index (κ2) is 9.17. The maximum atomic E-state index is 11.9. The summed E-state index contributed by atoms with van der Waals surface area (Å²) in [4.78, 5) is 34.9. The van der Waals surface area contributed by atoms with E-state index in [-0.39, 0.29) is 25.3 Å². The maximum absolute atomic E-state index is 11.9. The van der Waals surface area contributed by atoms with E-state index in [9.17, 15) is 14.4 Å². The molecule has 7 heteroatoms. The number of carbonyl (C=O) groups is 3. The summed E-state index contributed by atoms with van der Waals surface area (Å²) >= 11 is 0. The molecule has 0 unspecified atom stereocenters. The van der Waals surface area contributed by atoms with Crippen molar-refractivity contribution in [2.45, 2.75) is 58.0 Å². The Kier molecular flexibility index (Phi) is 8.35. The molecule has 0 aliphatic rings. The van der Waals surface area contributed by atoms with Crippen LogP contribution in [0.1, 0.15) is 46.0 Å². The van der Waals surface area contributed by atoms with Gasteiger partial charge in [-0.15, -0.1) is 0 Å². The topological polar surface area (TPSA) is 107 Å². The van der Waals surface area contributed by atoms with Crippen LogP contribution in [-0.2, 0) is 9.59 Å². The normalized spacial score (nSPS) is 12.0. The van der Waals surface area contributed by atoms with Crippen LogP contribution in [0.25, 0.3) is 0 Å². The highest BCUT2D eigenvalue weighted by Crippen LogP contribution is 2.08. The van der Waals surface area contributed by atoms with E-state index in [1.165, 1.54) is 4.90 Å². The van der Waals surface area contributed by atoms with Crippen LogP contribution >= 0.6 is 0 Å². The molecule has 20 heavy (non-hydrogen) atoms. The predicted octanol–water partition coefficient (Wildman–Crippen LogP) is 1.52. The minimum absolute atomic E-state index is 0.0588. The number of hydrogen-bond donors (Lipinski definition) is 3. The second-order valence-electron chi connectivity index (χ2n) is 4.71. The Morgan fingerprint density at radius 1 is 1.15 bits per heavy atom. The number of rotatable bonds is 9. The summed E-state index contributed by atoms with van der Waals surface area (Å²) in [6.45, 7) is 3.92. The second-order valence-corrected chi connectivity index (χ2v) is 4.71. The minimum Gasteiger partial charge on any atom is -0.481 e. The van der Waals surface area contributed by atoms with E-state index in [1.807, 2.05) is 13.8 Å². The number of nitrogens with zero attached hydrogens (tertiary/aromatic N) is 1. The van der Waals surface area contributed by atoms with Crippen LogP contribution in [0.5, 0.6) is 0 Å². The third-order valence-electron chi connectivity index (χ3n) is 3.29. The van der Waals surface area contributed by atoms with Gasteiger partial charge in [0.15, 0.2) is 0 Å². The molecule has 0 saturated heterocycles. The van der Waals surface area contributed by atoms with Gasteiger partial charge in [0.05, 0.1) is 0 Å². The van der Waals surface area contributed by atoms with Crippen molar-refractivity contribution in [2.75, 3.05) is 7.05 Å². The lowest BCUT2D eigenvalue weighted by Gasteiger charge is -2.28.